The predicted molar refractivity (Wildman–Crippen MR) is 69.0 cm³/mol. The summed E-state index contributed by atoms with van der Waals surface area (Å²) in [6, 6.07) is 10.5. The van der Waals surface area contributed by atoms with Crippen LogP contribution in [-0.2, 0) is 6.42 Å². The van der Waals surface area contributed by atoms with Gasteiger partial charge >= 0.3 is 0 Å². The summed E-state index contributed by atoms with van der Waals surface area (Å²) in [5.74, 6) is 2.22. The Morgan fingerprint density at radius 1 is 1.18 bits per heavy atom. The van der Waals surface area contributed by atoms with Crippen LogP contribution in [0.5, 0.6) is 0 Å². The monoisotopic (exact) mass is 229 g/mol. The first-order chi connectivity index (χ1) is 8.35. The molecule has 17 heavy (non-hydrogen) atoms. The Bertz CT molecular complexity index is 448. The van der Waals surface area contributed by atoms with Crippen molar-refractivity contribution in [2.75, 3.05) is 0 Å². The molecule has 0 saturated carbocycles. The molecule has 1 N–H and O–H groups in total. The minimum Gasteiger partial charge on any atom is -0.263 e. The first-order valence-electron chi connectivity index (χ1n) is 6.31. The summed E-state index contributed by atoms with van der Waals surface area (Å²) in [4.78, 5) is 4.58. The lowest BCUT2D eigenvalue weighted by molar-refractivity contribution is 0.720. The van der Waals surface area contributed by atoms with Crippen LogP contribution < -0.4 is 0 Å². The molecule has 1 unspecified atom stereocenters. The van der Waals surface area contributed by atoms with E-state index in [1.54, 1.807) is 0 Å². The lowest BCUT2D eigenvalue weighted by Crippen LogP contribution is -2.02. The molecule has 0 fully saturated rings. The molecule has 0 aliphatic heterocycles. The number of hydrogen-bond acceptors (Lipinski definition) is 2. The Morgan fingerprint density at radius 2 is 1.94 bits per heavy atom. The van der Waals surface area contributed by atoms with Crippen LogP contribution in [0.2, 0.25) is 0 Å². The minimum absolute atomic E-state index is 0.304. The van der Waals surface area contributed by atoms with Gasteiger partial charge in [0.1, 0.15) is 5.82 Å². The summed E-state index contributed by atoms with van der Waals surface area (Å²) < 4.78 is 0. The van der Waals surface area contributed by atoms with E-state index in [9.17, 15) is 0 Å². The fourth-order valence-corrected chi connectivity index (χ4v) is 2.07. The molecule has 0 aliphatic carbocycles. The molecule has 90 valence electrons. The van der Waals surface area contributed by atoms with Gasteiger partial charge < -0.3 is 0 Å². The lowest BCUT2D eigenvalue weighted by atomic mass is 9.96. The van der Waals surface area contributed by atoms with Crippen molar-refractivity contribution in [2.24, 2.45) is 0 Å². The zero-order chi connectivity index (χ0) is 12.1. The van der Waals surface area contributed by atoms with E-state index in [1.165, 1.54) is 5.56 Å². The molecular formula is C14H19N3. The van der Waals surface area contributed by atoms with Crippen LogP contribution in [0.4, 0.5) is 0 Å². The van der Waals surface area contributed by atoms with Gasteiger partial charge in [0.25, 0.3) is 0 Å². The second-order valence-corrected chi connectivity index (χ2v) is 4.26. The topological polar surface area (TPSA) is 41.6 Å². The highest BCUT2D eigenvalue weighted by Crippen LogP contribution is 2.24. The number of aromatic amines is 1. The summed E-state index contributed by atoms with van der Waals surface area (Å²) in [6.07, 6.45) is 3.09. The van der Waals surface area contributed by atoms with E-state index in [0.29, 0.717) is 5.92 Å². The molecule has 0 radical (unpaired) electrons. The largest absolute Gasteiger partial charge is 0.263 e. The van der Waals surface area contributed by atoms with Crippen molar-refractivity contribution >= 4 is 0 Å². The van der Waals surface area contributed by atoms with E-state index >= 15 is 0 Å². The van der Waals surface area contributed by atoms with E-state index in [2.05, 4.69) is 53.3 Å². The summed E-state index contributed by atoms with van der Waals surface area (Å²) in [7, 11) is 0. The minimum atomic E-state index is 0.304. The highest BCUT2D eigenvalue weighted by Gasteiger charge is 2.16. The first-order valence-corrected chi connectivity index (χ1v) is 6.31. The van der Waals surface area contributed by atoms with Crippen LogP contribution in [0.3, 0.4) is 0 Å². The molecule has 3 nitrogen and oxygen atoms in total. The maximum Gasteiger partial charge on any atom is 0.158 e. The summed E-state index contributed by atoms with van der Waals surface area (Å²) >= 11 is 0. The van der Waals surface area contributed by atoms with Gasteiger partial charge in [-0.05, 0) is 18.4 Å². The third-order valence-electron chi connectivity index (χ3n) is 2.96. The molecule has 2 rings (SSSR count). The van der Waals surface area contributed by atoms with Crippen molar-refractivity contribution in [3.05, 3.63) is 47.5 Å². The molecule has 1 atom stereocenters. The maximum atomic E-state index is 4.58. The van der Waals surface area contributed by atoms with E-state index in [-0.39, 0.29) is 0 Å². The SMILES string of the molecule is CCCc1nc(C(CC)c2ccccc2)n[nH]1. The van der Waals surface area contributed by atoms with Gasteiger partial charge in [0.15, 0.2) is 5.82 Å². The van der Waals surface area contributed by atoms with E-state index in [1.807, 2.05) is 6.07 Å². The number of nitrogens with one attached hydrogen (secondary N) is 1. The van der Waals surface area contributed by atoms with Gasteiger partial charge in [-0.3, -0.25) is 5.10 Å². The van der Waals surface area contributed by atoms with Gasteiger partial charge in [-0.2, -0.15) is 5.10 Å². The van der Waals surface area contributed by atoms with Crippen molar-refractivity contribution in [1.29, 1.82) is 0 Å². The number of aromatic nitrogens is 3. The van der Waals surface area contributed by atoms with Gasteiger partial charge in [0.05, 0.1) is 0 Å². The Labute approximate surface area is 102 Å². The Balaban J connectivity index is 2.23. The molecule has 1 heterocycles. The first kappa shape index (κ1) is 11.8. The van der Waals surface area contributed by atoms with E-state index < -0.39 is 0 Å². The third-order valence-corrected chi connectivity index (χ3v) is 2.96. The Hall–Kier alpha value is -1.64. The number of nitrogens with zero attached hydrogens (tertiary/aromatic N) is 2. The number of H-pyrrole nitrogens is 1. The van der Waals surface area contributed by atoms with Gasteiger partial charge in [-0.25, -0.2) is 4.98 Å². The molecule has 2 aromatic rings. The molecule has 1 aromatic carbocycles. The van der Waals surface area contributed by atoms with Gasteiger partial charge in [-0.1, -0.05) is 44.2 Å². The molecule has 0 bridgehead atoms. The van der Waals surface area contributed by atoms with Crippen LogP contribution in [-0.4, -0.2) is 15.2 Å². The van der Waals surface area contributed by atoms with Crippen LogP contribution in [0.1, 0.15) is 49.8 Å². The smallest absolute Gasteiger partial charge is 0.158 e. The summed E-state index contributed by atoms with van der Waals surface area (Å²) in [5.41, 5.74) is 1.29. The number of hydrogen-bond donors (Lipinski definition) is 1. The third kappa shape index (κ3) is 2.73. The Morgan fingerprint density at radius 3 is 2.59 bits per heavy atom. The fraction of sp³-hybridized carbons (Fsp3) is 0.429. The maximum absolute atomic E-state index is 4.58. The Kier molecular flexibility index (Phi) is 3.91. The summed E-state index contributed by atoms with van der Waals surface area (Å²) in [5, 5.41) is 7.38. The molecule has 1 aromatic heterocycles. The highest BCUT2D eigenvalue weighted by molar-refractivity contribution is 5.25. The second kappa shape index (κ2) is 5.62. The van der Waals surface area contributed by atoms with Crippen LogP contribution in [0.25, 0.3) is 0 Å². The van der Waals surface area contributed by atoms with E-state index in [0.717, 1.165) is 30.9 Å². The number of aryl methyl sites for hydroxylation is 1. The number of rotatable bonds is 5. The standard InChI is InChI=1S/C14H19N3/c1-3-8-13-15-14(17-16-13)12(4-2)11-9-6-5-7-10-11/h5-7,9-10,12H,3-4,8H2,1-2H3,(H,15,16,17). The van der Waals surface area contributed by atoms with Crippen LogP contribution in [0, 0.1) is 0 Å². The zero-order valence-corrected chi connectivity index (χ0v) is 10.5. The second-order valence-electron chi connectivity index (χ2n) is 4.26. The quantitative estimate of drug-likeness (QED) is 0.854. The van der Waals surface area contributed by atoms with Crippen molar-refractivity contribution in [1.82, 2.24) is 15.2 Å². The van der Waals surface area contributed by atoms with Gasteiger partial charge in [0, 0.05) is 12.3 Å². The molecule has 0 amide bonds. The molecule has 0 saturated heterocycles. The normalized spacial score (nSPS) is 12.6. The molecule has 3 heteroatoms. The van der Waals surface area contributed by atoms with E-state index in [4.69, 9.17) is 0 Å². The number of benzene rings is 1. The van der Waals surface area contributed by atoms with Crippen molar-refractivity contribution in [3.63, 3.8) is 0 Å². The highest BCUT2D eigenvalue weighted by atomic mass is 15.2. The summed E-state index contributed by atoms with van der Waals surface area (Å²) in [6.45, 7) is 4.32. The van der Waals surface area contributed by atoms with Crippen molar-refractivity contribution < 1.29 is 0 Å². The average molecular weight is 229 g/mol. The van der Waals surface area contributed by atoms with Crippen LogP contribution >= 0.6 is 0 Å². The molecule has 0 aliphatic rings. The van der Waals surface area contributed by atoms with Crippen molar-refractivity contribution in [2.45, 2.75) is 39.0 Å². The predicted octanol–water partition coefficient (Wildman–Crippen LogP) is 3.30. The fourth-order valence-electron chi connectivity index (χ4n) is 2.07. The van der Waals surface area contributed by atoms with Gasteiger partial charge in [0.2, 0.25) is 0 Å². The van der Waals surface area contributed by atoms with Gasteiger partial charge in [-0.15, -0.1) is 0 Å². The zero-order valence-electron chi connectivity index (χ0n) is 10.5. The lowest BCUT2D eigenvalue weighted by Gasteiger charge is -2.10. The molecule has 0 spiro atoms. The molecular weight excluding hydrogens is 210 g/mol. The van der Waals surface area contributed by atoms with Crippen LogP contribution in [0.15, 0.2) is 30.3 Å². The van der Waals surface area contributed by atoms with Crippen molar-refractivity contribution in [3.8, 4) is 0 Å². The average Bonchev–Trinajstić information content (AvgIpc) is 2.81.